The van der Waals surface area contributed by atoms with Crippen molar-refractivity contribution in [3.63, 3.8) is 0 Å². The van der Waals surface area contributed by atoms with Crippen LogP contribution in [0.1, 0.15) is 12.6 Å². The van der Waals surface area contributed by atoms with Crippen LogP contribution in [-0.2, 0) is 6.42 Å². The van der Waals surface area contributed by atoms with Crippen molar-refractivity contribution in [3.8, 4) is 0 Å². The molecule has 1 unspecified atom stereocenters. The first-order valence-electron chi connectivity index (χ1n) is 3.53. The summed E-state index contributed by atoms with van der Waals surface area (Å²) in [5, 5.41) is 17.5. The van der Waals surface area contributed by atoms with Gasteiger partial charge in [-0.05, 0) is 6.42 Å². The largest absolute Gasteiger partial charge is 0.368 e. The highest BCUT2D eigenvalue weighted by atomic mass is 16.5. The molecule has 1 atom stereocenters. The van der Waals surface area contributed by atoms with Crippen LogP contribution in [0.2, 0.25) is 0 Å². The molecule has 0 fully saturated rings. The van der Waals surface area contributed by atoms with E-state index < -0.39 is 6.29 Å². The molecule has 0 saturated carbocycles. The van der Waals surface area contributed by atoms with Gasteiger partial charge in [0.1, 0.15) is 0 Å². The maximum atomic E-state index is 8.74. The quantitative estimate of drug-likeness (QED) is 0.535. The van der Waals surface area contributed by atoms with Gasteiger partial charge in [-0.1, -0.05) is 6.92 Å². The number of nitrogens with one attached hydrogen (secondary N) is 1. The highest BCUT2D eigenvalue weighted by Gasteiger charge is 2.11. The van der Waals surface area contributed by atoms with Crippen molar-refractivity contribution >= 4 is 0 Å². The second-order valence-corrected chi connectivity index (χ2v) is 2.67. The van der Waals surface area contributed by atoms with E-state index in [0.29, 0.717) is 6.42 Å². The monoisotopic (exact) mass is 156 g/mol. The smallest absolute Gasteiger partial charge is 0.154 e. The lowest BCUT2D eigenvalue weighted by Crippen LogP contribution is -2.18. The Labute approximate surface area is 64.9 Å². The molecular formula is C7H12N2O2. The molecule has 0 bridgehead atoms. The molecule has 62 valence electrons. The Morgan fingerprint density at radius 3 is 2.82 bits per heavy atom. The molecule has 0 saturated heterocycles. The van der Waals surface area contributed by atoms with E-state index in [1.807, 2.05) is 0 Å². The Morgan fingerprint density at radius 1 is 1.64 bits per heavy atom. The number of aliphatic hydroxyl groups is 2. The first kappa shape index (κ1) is 8.23. The lowest BCUT2D eigenvalue weighted by atomic mass is 10.1. The van der Waals surface area contributed by atoms with Crippen LogP contribution >= 0.6 is 0 Å². The summed E-state index contributed by atoms with van der Waals surface area (Å²) in [5.41, 5.74) is 0.922. The molecule has 11 heavy (non-hydrogen) atoms. The third-order valence-electron chi connectivity index (χ3n) is 1.61. The molecule has 1 aromatic heterocycles. The third kappa shape index (κ3) is 2.32. The summed E-state index contributed by atoms with van der Waals surface area (Å²) in [6.45, 7) is 1.77. The fourth-order valence-corrected chi connectivity index (χ4v) is 0.849. The Hall–Kier alpha value is -0.870. The second-order valence-electron chi connectivity index (χ2n) is 2.67. The molecule has 4 nitrogen and oxygen atoms in total. The predicted octanol–water partition coefficient (Wildman–Crippen LogP) is -0.101. The molecule has 0 aliphatic heterocycles. The molecule has 1 heterocycles. The Bertz CT molecular complexity index is 196. The number of hydrogen-bond acceptors (Lipinski definition) is 3. The minimum absolute atomic E-state index is 0.157. The average Bonchev–Trinajstić information content (AvgIpc) is 2.39. The van der Waals surface area contributed by atoms with Gasteiger partial charge in [0.15, 0.2) is 6.29 Å². The highest BCUT2D eigenvalue weighted by molar-refractivity contribution is 4.95. The van der Waals surface area contributed by atoms with Gasteiger partial charge >= 0.3 is 0 Å². The maximum absolute atomic E-state index is 8.74. The third-order valence-corrected chi connectivity index (χ3v) is 1.61. The summed E-state index contributed by atoms with van der Waals surface area (Å²) in [5.74, 6) is -0.157. The highest BCUT2D eigenvalue weighted by Crippen LogP contribution is 2.07. The summed E-state index contributed by atoms with van der Waals surface area (Å²) >= 11 is 0. The predicted molar refractivity (Wildman–Crippen MR) is 39.7 cm³/mol. The number of aromatic nitrogens is 2. The number of imidazole rings is 1. The zero-order chi connectivity index (χ0) is 8.27. The summed E-state index contributed by atoms with van der Waals surface area (Å²) in [4.78, 5) is 6.71. The van der Waals surface area contributed by atoms with Crippen molar-refractivity contribution in [2.24, 2.45) is 5.92 Å². The number of hydrogen-bond donors (Lipinski definition) is 3. The SMILES string of the molecule is CC(Cc1cnc[nH]1)C(O)O. The van der Waals surface area contributed by atoms with Crippen molar-refractivity contribution in [3.05, 3.63) is 18.2 Å². The van der Waals surface area contributed by atoms with Crippen LogP contribution in [0, 0.1) is 5.92 Å². The van der Waals surface area contributed by atoms with Crippen LogP contribution in [0.3, 0.4) is 0 Å². The molecular weight excluding hydrogens is 144 g/mol. The Balaban J connectivity index is 2.43. The zero-order valence-electron chi connectivity index (χ0n) is 6.36. The molecule has 0 aliphatic rings. The van der Waals surface area contributed by atoms with E-state index in [4.69, 9.17) is 10.2 Å². The van der Waals surface area contributed by atoms with E-state index in [0.717, 1.165) is 5.69 Å². The van der Waals surface area contributed by atoms with Crippen LogP contribution in [-0.4, -0.2) is 26.5 Å². The topological polar surface area (TPSA) is 69.1 Å². The van der Waals surface area contributed by atoms with Crippen molar-refractivity contribution in [2.75, 3.05) is 0 Å². The minimum atomic E-state index is -1.25. The molecule has 0 aromatic carbocycles. The first-order valence-corrected chi connectivity index (χ1v) is 3.53. The molecule has 0 spiro atoms. The van der Waals surface area contributed by atoms with Crippen LogP contribution in [0.15, 0.2) is 12.5 Å². The van der Waals surface area contributed by atoms with E-state index in [1.165, 1.54) is 0 Å². The van der Waals surface area contributed by atoms with E-state index in [1.54, 1.807) is 19.4 Å². The van der Waals surface area contributed by atoms with Gasteiger partial charge in [0.05, 0.1) is 6.33 Å². The van der Waals surface area contributed by atoms with Crippen LogP contribution in [0.4, 0.5) is 0 Å². The summed E-state index contributed by atoms with van der Waals surface area (Å²) < 4.78 is 0. The molecule has 1 aromatic rings. The number of H-pyrrole nitrogens is 1. The van der Waals surface area contributed by atoms with Gasteiger partial charge < -0.3 is 15.2 Å². The van der Waals surface area contributed by atoms with E-state index in [-0.39, 0.29) is 5.92 Å². The van der Waals surface area contributed by atoms with Crippen molar-refractivity contribution in [1.82, 2.24) is 9.97 Å². The average molecular weight is 156 g/mol. The molecule has 0 amide bonds. The molecule has 3 N–H and O–H groups in total. The second kappa shape index (κ2) is 3.50. The molecule has 1 rings (SSSR count). The van der Waals surface area contributed by atoms with E-state index in [2.05, 4.69) is 9.97 Å². The number of aromatic amines is 1. The van der Waals surface area contributed by atoms with Crippen molar-refractivity contribution in [2.45, 2.75) is 19.6 Å². The van der Waals surface area contributed by atoms with Gasteiger partial charge in [-0.2, -0.15) is 0 Å². The fraction of sp³-hybridized carbons (Fsp3) is 0.571. The van der Waals surface area contributed by atoms with Gasteiger partial charge in [-0.3, -0.25) is 0 Å². The number of nitrogens with zero attached hydrogens (tertiary/aromatic N) is 1. The van der Waals surface area contributed by atoms with Gasteiger partial charge in [0.25, 0.3) is 0 Å². The van der Waals surface area contributed by atoms with Crippen LogP contribution in [0.5, 0.6) is 0 Å². The normalized spacial score (nSPS) is 13.8. The van der Waals surface area contributed by atoms with E-state index >= 15 is 0 Å². The minimum Gasteiger partial charge on any atom is -0.368 e. The lowest BCUT2D eigenvalue weighted by Gasteiger charge is -2.11. The molecule has 4 heteroatoms. The van der Waals surface area contributed by atoms with Gasteiger partial charge in [-0.15, -0.1) is 0 Å². The molecule has 0 radical (unpaired) electrons. The van der Waals surface area contributed by atoms with Gasteiger partial charge in [0, 0.05) is 17.8 Å². The van der Waals surface area contributed by atoms with Crippen LogP contribution < -0.4 is 0 Å². The molecule has 0 aliphatic carbocycles. The fourth-order valence-electron chi connectivity index (χ4n) is 0.849. The van der Waals surface area contributed by atoms with Gasteiger partial charge in [0.2, 0.25) is 0 Å². The maximum Gasteiger partial charge on any atom is 0.154 e. The summed E-state index contributed by atoms with van der Waals surface area (Å²) in [7, 11) is 0. The lowest BCUT2D eigenvalue weighted by molar-refractivity contribution is -0.0782. The van der Waals surface area contributed by atoms with Crippen molar-refractivity contribution < 1.29 is 10.2 Å². The Kier molecular flexibility index (Phi) is 2.62. The van der Waals surface area contributed by atoms with Crippen LogP contribution in [0.25, 0.3) is 0 Å². The van der Waals surface area contributed by atoms with E-state index in [9.17, 15) is 0 Å². The summed E-state index contributed by atoms with van der Waals surface area (Å²) in [6, 6.07) is 0. The Morgan fingerprint density at radius 2 is 2.36 bits per heavy atom. The van der Waals surface area contributed by atoms with Crippen molar-refractivity contribution in [1.29, 1.82) is 0 Å². The summed E-state index contributed by atoms with van der Waals surface area (Å²) in [6.07, 6.45) is 2.61. The standard InChI is InChI=1S/C7H12N2O2/c1-5(7(10)11)2-6-3-8-4-9-6/h3-5,7,10-11H,2H2,1H3,(H,8,9). The first-order chi connectivity index (χ1) is 5.20. The zero-order valence-corrected chi connectivity index (χ0v) is 6.36. The number of aliphatic hydroxyl groups excluding tert-OH is 1. The van der Waals surface area contributed by atoms with Gasteiger partial charge in [-0.25, -0.2) is 4.98 Å². The number of rotatable bonds is 3.